The van der Waals surface area contributed by atoms with Crippen LogP contribution in [-0.4, -0.2) is 31.5 Å². The zero-order valence-electron chi connectivity index (χ0n) is 13.8. The average molecular weight is 344 g/mol. The van der Waals surface area contributed by atoms with E-state index in [0.29, 0.717) is 17.1 Å². The summed E-state index contributed by atoms with van der Waals surface area (Å²) in [6, 6.07) is 7.18. The summed E-state index contributed by atoms with van der Waals surface area (Å²) < 4.78 is 21.4. The van der Waals surface area contributed by atoms with Crippen molar-refractivity contribution in [2.45, 2.75) is 0 Å². The number of phenolic OH excluding ortho intramolecular Hbond substituents is 2. The predicted molar refractivity (Wildman–Crippen MR) is 90.9 cm³/mol. The molecule has 0 bridgehead atoms. The zero-order valence-corrected chi connectivity index (χ0v) is 13.8. The highest BCUT2D eigenvalue weighted by molar-refractivity contribution is 5.89. The molecule has 0 fully saturated rings. The van der Waals surface area contributed by atoms with Gasteiger partial charge in [0.2, 0.25) is 11.2 Å². The van der Waals surface area contributed by atoms with Crippen molar-refractivity contribution in [2.75, 3.05) is 21.3 Å². The monoisotopic (exact) mass is 344 g/mol. The van der Waals surface area contributed by atoms with Gasteiger partial charge in [-0.1, -0.05) is 0 Å². The van der Waals surface area contributed by atoms with Gasteiger partial charge in [0, 0.05) is 18.2 Å². The van der Waals surface area contributed by atoms with Crippen LogP contribution in [0.5, 0.6) is 28.7 Å². The summed E-state index contributed by atoms with van der Waals surface area (Å²) in [5.74, 6) is 0.393. The average Bonchev–Trinajstić information content (AvgIpc) is 2.60. The minimum Gasteiger partial charge on any atom is -0.508 e. The molecule has 2 aromatic carbocycles. The van der Waals surface area contributed by atoms with Gasteiger partial charge in [0.05, 0.1) is 26.9 Å². The standard InChI is InChI=1S/C18H16O7/c1-22-10-7-12(20)15-14(8-10)25-17(18(24-3)16(15)21)11-5-4-9(19)6-13(11)23-2/h4-8,19-20H,1-3H3. The molecular formula is C18H16O7. The Kier molecular flexibility index (Phi) is 4.14. The van der Waals surface area contributed by atoms with E-state index in [1.165, 1.54) is 45.6 Å². The van der Waals surface area contributed by atoms with Gasteiger partial charge < -0.3 is 28.8 Å². The van der Waals surface area contributed by atoms with Crippen molar-refractivity contribution in [3.63, 3.8) is 0 Å². The molecule has 0 saturated heterocycles. The quantitative estimate of drug-likeness (QED) is 0.751. The number of fused-ring (bicyclic) bond motifs is 1. The molecule has 0 spiro atoms. The third kappa shape index (κ3) is 2.69. The van der Waals surface area contributed by atoms with Crippen molar-refractivity contribution in [1.29, 1.82) is 0 Å². The first-order chi connectivity index (χ1) is 12.0. The highest BCUT2D eigenvalue weighted by Gasteiger charge is 2.22. The third-order valence-electron chi connectivity index (χ3n) is 3.78. The van der Waals surface area contributed by atoms with E-state index >= 15 is 0 Å². The van der Waals surface area contributed by atoms with Gasteiger partial charge in [0.15, 0.2) is 5.76 Å². The van der Waals surface area contributed by atoms with Crippen LogP contribution in [0.3, 0.4) is 0 Å². The second kappa shape index (κ2) is 6.27. The van der Waals surface area contributed by atoms with Crippen LogP contribution in [0.1, 0.15) is 0 Å². The molecule has 0 atom stereocenters. The molecular weight excluding hydrogens is 328 g/mol. The van der Waals surface area contributed by atoms with Crippen LogP contribution in [0.25, 0.3) is 22.3 Å². The molecule has 0 saturated carbocycles. The molecule has 130 valence electrons. The number of ether oxygens (including phenoxy) is 3. The molecule has 0 unspecified atom stereocenters. The summed E-state index contributed by atoms with van der Waals surface area (Å²) in [6.45, 7) is 0. The molecule has 7 nitrogen and oxygen atoms in total. The molecule has 0 aliphatic rings. The SMILES string of the molecule is COc1cc(O)c2c(=O)c(OC)c(-c3ccc(O)cc3OC)oc2c1. The van der Waals surface area contributed by atoms with Crippen molar-refractivity contribution in [3.8, 4) is 40.1 Å². The highest BCUT2D eigenvalue weighted by Crippen LogP contribution is 2.40. The molecule has 2 N–H and O–H groups in total. The van der Waals surface area contributed by atoms with Gasteiger partial charge in [0.25, 0.3) is 0 Å². The van der Waals surface area contributed by atoms with Crippen LogP contribution in [0.2, 0.25) is 0 Å². The topological polar surface area (TPSA) is 98.4 Å². The highest BCUT2D eigenvalue weighted by atomic mass is 16.5. The first-order valence-electron chi connectivity index (χ1n) is 7.29. The van der Waals surface area contributed by atoms with Crippen molar-refractivity contribution in [3.05, 3.63) is 40.6 Å². The summed E-state index contributed by atoms with van der Waals surface area (Å²) in [6.07, 6.45) is 0. The van der Waals surface area contributed by atoms with Crippen LogP contribution in [0.15, 0.2) is 39.5 Å². The van der Waals surface area contributed by atoms with Crippen molar-refractivity contribution >= 4 is 11.0 Å². The van der Waals surface area contributed by atoms with Gasteiger partial charge >= 0.3 is 0 Å². The first kappa shape index (κ1) is 16.5. The summed E-state index contributed by atoms with van der Waals surface area (Å²) >= 11 is 0. The maximum Gasteiger partial charge on any atom is 0.239 e. The number of benzene rings is 2. The Hall–Kier alpha value is -3.35. The molecule has 3 rings (SSSR count). The van der Waals surface area contributed by atoms with Gasteiger partial charge in [0.1, 0.15) is 34.0 Å². The summed E-state index contributed by atoms with van der Waals surface area (Å²) in [4.78, 5) is 12.8. The lowest BCUT2D eigenvalue weighted by molar-refractivity contribution is 0.390. The molecule has 1 aromatic heterocycles. The van der Waals surface area contributed by atoms with Crippen molar-refractivity contribution in [2.24, 2.45) is 0 Å². The molecule has 3 aromatic rings. The van der Waals surface area contributed by atoms with Crippen LogP contribution in [0, 0.1) is 0 Å². The lowest BCUT2D eigenvalue weighted by atomic mass is 10.1. The van der Waals surface area contributed by atoms with E-state index < -0.39 is 5.43 Å². The number of aromatic hydroxyl groups is 2. The summed E-state index contributed by atoms with van der Waals surface area (Å²) in [5, 5.41) is 19.7. The van der Waals surface area contributed by atoms with Crippen LogP contribution in [-0.2, 0) is 0 Å². The molecule has 1 heterocycles. The second-order valence-corrected chi connectivity index (χ2v) is 5.20. The molecule has 0 radical (unpaired) electrons. The maximum atomic E-state index is 12.8. The van der Waals surface area contributed by atoms with Gasteiger partial charge in [-0.2, -0.15) is 0 Å². The van der Waals surface area contributed by atoms with E-state index in [4.69, 9.17) is 18.6 Å². The minimum atomic E-state index is -0.533. The Bertz CT molecular complexity index is 1000. The van der Waals surface area contributed by atoms with Gasteiger partial charge in [-0.15, -0.1) is 0 Å². The normalized spacial score (nSPS) is 10.7. The lowest BCUT2D eigenvalue weighted by Gasteiger charge is -2.13. The third-order valence-corrected chi connectivity index (χ3v) is 3.78. The van der Waals surface area contributed by atoms with Gasteiger partial charge in [-0.3, -0.25) is 4.79 Å². The molecule has 0 aliphatic carbocycles. The van der Waals surface area contributed by atoms with Crippen LogP contribution in [0.4, 0.5) is 0 Å². The number of hydrogen-bond acceptors (Lipinski definition) is 7. The van der Waals surface area contributed by atoms with E-state index in [2.05, 4.69) is 0 Å². The fraction of sp³-hybridized carbons (Fsp3) is 0.167. The lowest BCUT2D eigenvalue weighted by Crippen LogP contribution is -2.08. The fourth-order valence-corrected chi connectivity index (χ4v) is 2.61. The second-order valence-electron chi connectivity index (χ2n) is 5.20. The summed E-state index contributed by atoms with van der Waals surface area (Å²) in [5.41, 5.74) is 0.0141. The summed E-state index contributed by atoms with van der Waals surface area (Å²) in [7, 11) is 4.19. The van der Waals surface area contributed by atoms with E-state index in [1.54, 1.807) is 6.07 Å². The first-order valence-corrected chi connectivity index (χ1v) is 7.29. The smallest absolute Gasteiger partial charge is 0.239 e. The Morgan fingerprint density at radius 1 is 0.960 bits per heavy atom. The Balaban J connectivity index is 2.41. The van der Waals surface area contributed by atoms with Crippen LogP contribution >= 0.6 is 0 Å². The number of hydrogen-bond donors (Lipinski definition) is 2. The van der Waals surface area contributed by atoms with Gasteiger partial charge in [-0.05, 0) is 12.1 Å². The Morgan fingerprint density at radius 2 is 1.72 bits per heavy atom. The van der Waals surface area contributed by atoms with Crippen molar-refractivity contribution < 1.29 is 28.8 Å². The Morgan fingerprint density at radius 3 is 2.36 bits per heavy atom. The fourth-order valence-electron chi connectivity index (χ4n) is 2.61. The largest absolute Gasteiger partial charge is 0.508 e. The molecule has 7 heteroatoms. The maximum absolute atomic E-state index is 12.8. The predicted octanol–water partition coefficient (Wildman–Crippen LogP) is 2.90. The van der Waals surface area contributed by atoms with E-state index in [9.17, 15) is 15.0 Å². The number of phenols is 2. The minimum absolute atomic E-state index is 0.00187. The van der Waals surface area contributed by atoms with E-state index in [0.717, 1.165) is 0 Å². The van der Waals surface area contributed by atoms with Gasteiger partial charge in [-0.25, -0.2) is 0 Å². The van der Waals surface area contributed by atoms with E-state index in [-0.39, 0.29) is 34.0 Å². The molecule has 0 amide bonds. The molecule has 25 heavy (non-hydrogen) atoms. The van der Waals surface area contributed by atoms with Crippen LogP contribution < -0.4 is 19.6 Å². The zero-order chi connectivity index (χ0) is 18.1. The van der Waals surface area contributed by atoms with Crippen molar-refractivity contribution in [1.82, 2.24) is 0 Å². The molecule has 0 aliphatic heterocycles. The number of rotatable bonds is 4. The Labute approximate surface area is 142 Å². The van der Waals surface area contributed by atoms with E-state index in [1.807, 2.05) is 0 Å². The number of methoxy groups -OCH3 is 3.